The third-order valence-electron chi connectivity index (χ3n) is 3.31. The second kappa shape index (κ2) is 5.77. The second-order valence-electron chi connectivity index (χ2n) is 4.49. The minimum Gasteiger partial charge on any atom is -0.341 e. The number of nitrogens with zero attached hydrogens (tertiary/aromatic N) is 4. The van der Waals surface area contributed by atoms with Crippen molar-refractivity contribution in [2.45, 2.75) is 25.8 Å². The summed E-state index contributed by atoms with van der Waals surface area (Å²) in [6, 6.07) is 0. The number of hydrogen-bond acceptors (Lipinski definition) is 4. The van der Waals surface area contributed by atoms with E-state index in [0.29, 0.717) is 12.5 Å². The molecule has 0 aromatic carbocycles. The van der Waals surface area contributed by atoms with Gasteiger partial charge >= 0.3 is 0 Å². The first-order valence-electron chi connectivity index (χ1n) is 6.10. The van der Waals surface area contributed by atoms with Crippen molar-refractivity contribution in [2.75, 3.05) is 19.6 Å². The molecule has 1 aromatic heterocycles. The van der Waals surface area contributed by atoms with Crippen molar-refractivity contribution in [1.29, 1.82) is 0 Å². The van der Waals surface area contributed by atoms with Gasteiger partial charge in [0.05, 0.1) is 0 Å². The Kier molecular flexibility index (Phi) is 4.08. The van der Waals surface area contributed by atoms with Crippen LogP contribution in [0.3, 0.4) is 0 Å². The third-order valence-corrected chi connectivity index (χ3v) is 3.31. The maximum absolute atomic E-state index is 11.9. The summed E-state index contributed by atoms with van der Waals surface area (Å²) in [4.78, 5) is 17.7. The first-order chi connectivity index (χ1) is 8.29. The molecule has 1 aliphatic rings. The number of carbonyl (C=O) groups is 1. The number of carbonyl (C=O) groups excluding carboxylic acids is 1. The Bertz CT molecular complexity index is 343. The molecule has 0 aliphatic carbocycles. The van der Waals surface area contributed by atoms with Gasteiger partial charge in [0, 0.05) is 13.1 Å². The van der Waals surface area contributed by atoms with E-state index in [-0.39, 0.29) is 5.91 Å². The van der Waals surface area contributed by atoms with Gasteiger partial charge < -0.3 is 10.6 Å². The Labute approximate surface area is 101 Å². The predicted molar refractivity (Wildman–Crippen MR) is 63.0 cm³/mol. The highest BCUT2D eigenvalue weighted by Gasteiger charge is 2.22. The second-order valence-corrected chi connectivity index (χ2v) is 4.49. The Hall–Kier alpha value is -1.43. The van der Waals surface area contributed by atoms with Crippen molar-refractivity contribution < 1.29 is 4.79 Å². The van der Waals surface area contributed by atoms with Gasteiger partial charge in [-0.3, -0.25) is 4.79 Å². The van der Waals surface area contributed by atoms with Gasteiger partial charge in [0.1, 0.15) is 19.2 Å². The molecule has 6 nitrogen and oxygen atoms in total. The van der Waals surface area contributed by atoms with Gasteiger partial charge in [-0.1, -0.05) is 0 Å². The lowest BCUT2D eigenvalue weighted by molar-refractivity contribution is -0.133. The van der Waals surface area contributed by atoms with Crippen LogP contribution in [0.15, 0.2) is 12.7 Å². The zero-order valence-corrected chi connectivity index (χ0v) is 9.96. The molecule has 2 rings (SSSR count). The van der Waals surface area contributed by atoms with E-state index in [1.165, 1.54) is 6.33 Å². The molecule has 1 saturated heterocycles. The van der Waals surface area contributed by atoms with Gasteiger partial charge in [0.2, 0.25) is 5.91 Å². The molecule has 1 aromatic rings. The summed E-state index contributed by atoms with van der Waals surface area (Å²) in [5, 5.41) is 3.94. The van der Waals surface area contributed by atoms with Crippen LogP contribution in [-0.4, -0.2) is 45.2 Å². The third kappa shape index (κ3) is 3.26. The molecule has 6 heteroatoms. The fraction of sp³-hybridized carbons (Fsp3) is 0.727. The van der Waals surface area contributed by atoms with E-state index in [1.54, 1.807) is 11.0 Å². The summed E-state index contributed by atoms with van der Waals surface area (Å²) in [5.74, 6) is 0.817. The molecule has 0 bridgehead atoms. The summed E-state index contributed by atoms with van der Waals surface area (Å²) < 4.78 is 1.56. The number of aromatic nitrogens is 3. The molecular formula is C11H19N5O. The molecule has 0 atom stereocenters. The largest absolute Gasteiger partial charge is 0.341 e. The first kappa shape index (κ1) is 12.0. The smallest absolute Gasteiger partial charge is 0.244 e. The lowest BCUT2D eigenvalue weighted by Crippen LogP contribution is -2.40. The molecule has 0 unspecified atom stereocenters. The van der Waals surface area contributed by atoms with E-state index in [0.717, 1.165) is 38.9 Å². The summed E-state index contributed by atoms with van der Waals surface area (Å²) in [5.41, 5.74) is 5.55. The van der Waals surface area contributed by atoms with E-state index in [9.17, 15) is 4.79 Å². The van der Waals surface area contributed by atoms with Crippen molar-refractivity contribution in [3.8, 4) is 0 Å². The molecule has 17 heavy (non-hydrogen) atoms. The zero-order valence-electron chi connectivity index (χ0n) is 9.96. The van der Waals surface area contributed by atoms with E-state index in [2.05, 4.69) is 10.1 Å². The number of rotatable bonds is 4. The normalized spacial score (nSPS) is 17.4. The molecule has 0 saturated carbocycles. The van der Waals surface area contributed by atoms with Gasteiger partial charge in [0.15, 0.2) is 0 Å². The SMILES string of the molecule is NCCC1CCN(C(=O)Cn2cncn2)CC1. The zero-order chi connectivity index (χ0) is 12.1. The van der Waals surface area contributed by atoms with Gasteiger partial charge in [-0.25, -0.2) is 9.67 Å². The van der Waals surface area contributed by atoms with Crippen molar-refractivity contribution in [3.63, 3.8) is 0 Å². The van der Waals surface area contributed by atoms with E-state index in [4.69, 9.17) is 5.73 Å². The molecule has 0 spiro atoms. The van der Waals surface area contributed by atoms with Gasteiger partial charge in [0.25, 0.3) is 0 Å². The molecule has 2 heterocycles. The lowest BCUT2D eigenvalue weighted by Gasteiger charge is -2.31. The number of likely N-dealkylation sites (tertiary alicyclic amines) is 1. The summed E-state index contributed by atoms with van der Waals surface area (Å²) >= 11 is 0. The number of amides is 1. The lowest BCUT2D eigenvalue weighted by atomic mass is 9.93. The molecule has 0 radical (unpaired) electrons. The fourth-order valence-electron chi connectivity index (χ4n) is 2.26. The van der Waals surface area contributed by atoms with Crippen LogP contribution < -0.4 is 5.73 Å². The molecule has 1 fully saturated rings. The summed E-state index contributed by atoms with van der Waals surface area (Å²) in [6.07, 6.45) is 6.23. The highest BCUT2D eigenvalue weighted by Crippen LogP contribution is 2.19. The van der Waals surface area contributed by atoms with Crippen LogP contribution >= 0.6 is 0 Å². The predicted octanol–water partition coefficient (Wildman–Crippen LogP) is -0.135. The number of hydrogen-bond donors (Lipinski definition) is 1. The maximum Gasteiger partial charge on any atom is 0.244 e. The van der Waals surface area contributed by atoms with E-state index < -0.39 is 0 Å². The fourth-order valence-corrected chi connectivity index (χ4v) is 2.26. The molecule has 1 aliphatic heterocycles. The Morgan fingerprint density at radius 3 is 2.76 bits per heavy atom. The minimum absolute atomic E-state index is 0.127. The Morgan fingerprint density at radius 1 is 1.41 bits per heavy atom. The Balaban J connectivity index is 1.78. The van der Waals surface area contributed by atoms with Gasteiger partial charge in [-0.2, -0.15) is 5.10 Å². The summed E-state index contributed by atoms with van der Waals surface area (Å²) in [7, 11) is 0. The van der Waals surface area contributed by atoms with Crippen molar-refractivity contribution in [2.24, 2.45) is 11.7 Å². The number of nitrogens with two attached hydrogens (primary N) is 1. The van der Waals surface area contributed by atoms with Crippen LogP contribution in [0.5, 0.6) is 0 Å². The van der Waals surface area contributed by atoms with Gasteiger partial charge in [-0.05, 0) is 31.7 Å². The average Bonchev–Trinajstić information content (AvgIpc) is 2.83. The van der Waals surface area contributed by atoms with Crippen LogP contribution in [0.25, 0.3) is 0 Å². The van der Waals surface area contributed by atoms with Gasteiger partial charge in [-0.15, -0.1) is 0 Å². The van der Waals surface area contributed by atoms with Crippen LogP contribution in [0.4, 0.5) is 0 Å². The number of piperidine rings is 1. The molecule has 1 amide bonds. The van der Waals surface area contributed by atoms with Crippen LogP contribution in [0, 0.1) is 5.92 Å². The monoisotopic (exact) mass is 237 g/mol. The quantitative estimate of drug-likeness (QED) is 0.791. The minimum atomic E-state index is 0.127. The van der Waals surface area contributed by atoms with E-state index in [1.807, 2.05) is 4.90 Å². The van der Waals surface area contributed by atoms with E-state index >= 15 is 0 Å². The highest BCUT2D eigenvalue weighted by molar-refractivity contribution is 5.75. The molecule has 94 valence electrons. The van der Waals surface area contributed by atoms with Crippen LogP contribution in [0.1, 0.15) is 19.3 Å². The molecule has 2 N–H and O–H groups in total. The Morgan fingerprint density at radius 2 is 2.18 bits per heavy atom. The van der Waals surface area contributed by atoms with Crippen LogP contribution in [0.2, 0.25) is 0 Å². The van der Waals surface area contributed by atoms with Crippen molar-refractivity contribution in [3.05, 3.63) is 12.7 Å². The maximum atomic E-state index is 11.9. The average molecular weight is 237 g/mol. The van der Waals surface area contributed by atoms with Crippen LogP contribution in [-0.2, 0) is 11.3 Å². The molecular weight excluding hydrogens is 218 g/mol. The highest BCUT2D eigenvalue weighted by atomic mass is 16.2. The topological polar surface area (TPSA) is 77.0 Å². The van der Waals surface area contributed by atoms with Crippen molar-refractivity contribution >= 4 is 5.91 Å². The first-order valence-corrected chi connectivity index (χ1v) is 6.10. The van der Waals surface area contributed by atoms with Crippen molar-refractivity contribution in [1.82, 2.24) is 19.7 Å². The summed E-state index contributed by atoms with van der Waals surface area (Å²) in [6.45, 7) is 2.73. The standard InChI is InChI=1S/C11H19N5O/c12-4-1-10-2-5-15(6-3-10)11(17)7-16-9-13-8-14-16/h8-10H,1-7,12H2.